The molecule has 1 aliphatic rings. The summed E-state index contributed by atoms with van der Waals surface area (Å²) in [5, 5.41) is 1.12. The molecule has 4 aromatic rings. The fourth-order valence-corrected chi connectivity index (χ4v) is 5.73. The Hall–Kier alpha value is -3.32. The van der Waals surface area contributed by atoms with Gasteiger partial charge in [0.15, 0.2) is 0 Å². The number of hydrogen-bond donors (Lipinski definition) is 1. The maximum atomic E-state index is 12.6. The SMILES string of the molecule is CC1(Cc2ccc(Cl)cc2)Cc2cc(-c3ccc(C(=O)NS(=O)(=O)c4ccc(Cl)cc4)cc3)ccc2O1. The van der Waals surface area contributed by atoms with E-state index in [1.807, 2.05) is 36.4 Å². The highest BCUT2D eigenvalue weighted by molar-refractivity contribution is 7.90. The topological polar surface area (TPSA) is 72.5 Å². The summed E-state index contributed by atoms with van der Waals surface area (Å²) in [5.74, 6) is 0.158. The van der Waals surface area contributed by atoms with Crippen molar-refractivity contribution in [1.29, 1.82) is 0 Å². The molecule has 188 valence electrons. The van der Waals surface area contributed by atoms with E-state index in [1.165, 1.54) is 24.3 Å². The van der Waals surface area contributed by atoms with Crippen molar-refractivity contribution in [1.82, 2.24) is 4.72 Å². The Labute approximate surface area is 226 Å². The molecule has 37 heavy (non-hydrogen) atoms. The first-order valence-electron chi connectivity index (χ1n) is 11.6. The molecule has 1 unspecified atom stereocenters. The number of hydrogen-bond acceptors (Lipinski definition) is 4. The lowest BCUT2D eigenvalue weighted by atomic mass is 9.91. The number of ether oxygens (including phenoxy) is 1. The number of halogens is 2. The van der Waals surface area contributed by atoms with Crippen LogP contribution in [0.2, 0.25) is 10.0 Å². The average Bonchev–Trinajstić information content (AvgIpc) is 3.20. The summed E-state index contributed by atoms with van der Waals surface area (Å²) in [6, 6.07) is 26.3. The van der Waals surface area contributed by atoms with Gasteiger partial charge in [-0.15, -0.1) is 0 Å². The van der Waals surface area contributed by atoms with E-state index in [0.717, 1.165) is 40.8 Å². The number of fused-ring (bicyclic) bond motifs is 1. The van der Waals surface area contributed by atoms with Gasteiger partial charge in [-0.1, -0.05) is 53.5 Å². The van der Waals surface area contributed by atoms with Crippen molar-refractivity contribution in [2.45, 2.75) is 30.3 Å². The standard InChI is InChI=1S/C29H23Cl2NO4S/c1-29(17-19-2-9-24(30)10-3-19)18-23-16-22(8-15-27(23)36-29)20-4-6-21(7-5-20)28(33)32-37(34,35)26-13-11-25(31)12-14-26/h2-16H,17-18H2,1H3,(H,32,33). The fraction of sp³-hybridized carbons (Fsp3) is 0.138. The zero-order valence-electron chi connectivity index (χ0n) is 19.9. The van der Waals surface area contributed by atoms with Crippen LogP contribution in [-0.4, -0.2) is 19.9 Å². The van der Waals surface area contributed by atoms with Crippen molar-refractivity contribution >= 4 is 39.1 Å². The van der Waals surface area contributed by atoms with Gasteiger partial charge in [0.25, 0.3) is 15.9 Å². The van der Waals surface area contributed by atoms with Crippen LogP contribution in [0.5, 0.6) is 5.75 Å². The van der Waals surface area contributed by atoms with Crippen molar-refractivity contribution in [3.63, 3.8) is 0 Å². The number of rotatable bonds is 6. The third-order valence-electron chi connectivity index (χ3n) is 6.30. The molecule has 0 saturated heterocycles. The predicted molar refractivity (Wildman–Crippen MR) is 146 cm³/mol. The van der Waals surface area contributed by atoms with Gasteiger partial charge < -0.3 is 4.74 Å². The summed E-state index contributed by atoms with van der Waals surface area (Å²) in [6.45, 7) is 2.10. The Kier molecular flexibility index (Phi) is 6.75. The summed E-state index contributed by atoms with van der Waals surface area (Å²) >= 11 is 11.8. The summed E-state index contributed by atoms with van der Waals surface area (Å²) in [5.41, 5.74) is 4.05. The molecular weight excluding hydrogens is 529 g/mol. The van der Waals surface area contributed by atoms with Crippen molar-refractivity contribution < 1.29 is 17.9 Å². The lowest BCUT2D eigenvalue weighted by Crippen LogP contribution is -2.32. The van der Waals surface area contributed by atoms with Crippen LogP contribution >= 0.6 is 23.2 Å². The van der Waals surface area contributed by atoms with Gasteiger partial charge in [-0.05, 0) is 89.8 Å². The second kappa shape index (κ2) is 9.86. The third kappa shape index (κ3) is 5.67. The highest BCUT2D eigenvalue weighted by atomic mass is 35.5. The Morgan fingerprint density at radius 1 is 0.865 bits per heavy atom. The molecule has 0 aliphatic carbocycles. The Morgan fingerprint density at radius 2 is 1.46 bits per heavy atom. The minimum absolute atomic E-state index is 0.0368. The first-order valence-corrected chi connectivity index (χ1v) is 13.8. The van der Waals surface area contributed by atoms with Gasteiger partial charge >= 0.3 is 0 Å². The van der Waals surface area contributed by atoms with Crippen molar-refractivity contribution in [2.75, 3.05) is 0 Å². The molecule has 1 amide bonds. The smallest absolute Gasteiger partial charge is 0.264 e. The molecule has 1 N–H and O–H groups in total. The summed E-state index contributed by atoms with van der Waals surface area (Å²) < 4.78 is 33.4. The Bertz CT molecular complexity index is 1570. The van der Waals surface area contributed by atoms with Gasteiger partial charge in [-0.25, -0.2) is 13.1 Å². The van der Waals surface area contributed by atoms with Gasteiger partial charge in [0.05, 0.1) is 4.90 Å². The number of carbonyl (C=O) groups is 1. The molecule has 1 heterocycles. The van der Waals surface area contributed by atoms with Crippen molar-refractivity contribution in [2.24, 2.45) is 0 Å². The first-order chi connectivity index (χ1) is 17.6. The summed E-state index contributed by atoms with van der Waals surface area (Å²) in [6.07, 6.45) is 1.53. The van der Waals surface area contributed by atoms with Crippen molar-refractivity contribution in [3.8, 4) is 16.9 Å². The minimum atomic E-state index is -4.01. The second-order valence-electron chi connectivity index (χ2n) is 9.32. The quantitative estimate of drug-likeness (QED) is 0.289. The van der Waals surface area contributed by atoms with Crippen molar-refractivity contribution in [3.05, 3.63) is 118 Å². The van der Waals surface area contributed by atoms with Gasteiger partial charge in [0, 0.05) is 28.5 Å². The van der Waals surface area contributed by atoms with Gasteiger partial charge in [0.2, 0.25) is 0 Å². The maximum Gasteiger partial charge on any atom is 0.264 e. The fourth-order valence-electron chi connectivity index (χ4n) is 4.50. The largest absolute Gasteiger partial charge is 0.487 e. The molecule has 0 spiro atoms. The molecule has 0 bridgehead atoms. The van der Waals surface area contributed by atoms with Crippen LogP contribution < -0.4 is 9.46 Å². The van der Waals surface area contributed by atoms with E-state index in [-0.39, 0.29) is 16.1 Å². The van der Waals surface area contributed by atoms with E-state index < -0.39 is 15.9 Å². The van der Waals surface area contributed by atoms with E-state index in [4.69, 9.17) is 27.9 Å². The van der Waals surface area contributed by atoms with Gasteiger partial charge in [-0.2, -0.15) is 0 Å². The maximum absolute atomic E-state index is 12.6. The number of nitrogens with one attached hydrogen (secondary N) is 1. The van der Waals surface area contributed by atoms with E-state index in [1.54, 1.807) is 24.3 Å². The van der Waals surface area contributed by atoms with Crippen LogP contribution in [0, 0.1) is 0 Å². The second-order valence-corrected chi connectivity index (χ2v) is 11.9. The zero-order chi connectivity index (χ0) is 26.2. The normalized spacial score (nSPS) is 16.6. The Balaban J connectivity index is 1.28. The zero-order valence-corrected chi connectivity index (χ0v) is 22.2. The average molecular weight is 552 g/mol. The Morgan fingerprint density at radius 3 is 2.11 bits per heavy atom. The van der Waals surface area contributed by atoms with Crippen LogP contribution in [-0.2, 0) is 22.9 Å². The lowest BCUT2D eigenvalue weighted by Gasteiger charge is -2.24. The molecule has 5 nitrogen and oxygen atoms in total. The highest BCUT2D eigenvalue weighted by Gasteiger charge is 2.35. The van der Waals surface area contributed by atoms with Gasteiger partial charge in [0.1, 0.15) is 11.4 Å². The van der Waals surface area contributed by atoms with Crippen LogP contribution in [0.4, 0.5) is 0 Å². The molecule has 8 heteroatoms. The van der Waals surface area contributed by atoms with Crippen LogP contribution in [0.15, 0.2) is 95.9 Å². The van der Waals surface area contributed by atoms with E-state index in [0.29, 0.717) is 10.0 Å². The molecule has 4 aromatic carbocycles. The number of benzene rings is 4. The monoisotopic (exact) mass is 551 g/mol. The first kappa shape index (κ1) is 25.3. The molecule has 0 saturated carbocycles. The summed E-state index contributed by atoms with van der Waals surface area (Å²) in [7, 11) is -4.01. The van der Waals surface area contributed by atoms with E-state index >= 15 is 0 Å². The van der Waals surface area contributed by atoms with E-state index in [2.05, 4.69) is 17.7 Å². The number of amides is 1. The predicted octanol–water partition coefficient (Wildman–Crippen LogP) is 6.72. The minimum Gasteiger partial charge on any atom is -0.487 e. The summed E-state index contributed by atoms with van der Waals surface area (Å²) in [4.78, 5) is 12.6. The third-order valence-corrected chi connectivity index (χ3v) is 8.15. The number of sulfonamides is 1. The van der Waals surface area contributed by atoms with Crippen LogP contribution in [0.1, 0.15) is 28.4 Å². The molecular formula is C29H23Cl2NO4S. The van der Waals surface area contributed by atoms with Crippen LogP contribution in [0.25, 0.3) is 11.1 Å². The molecule has 1 atom stereocenters. The molecule has 0 fully saturated rings. The molecule has 0 radical (unpaired) electrons. The molecule has 5 rings (SSSR count). The molecule has 0 aromatic heterocycles. The van der Waals surface area contributed by atoms with Gasteiger partial charge in [-0.3, -0.25) is 4.79 Å². The van der Waals surface area contributed by atoms with Crippen LogP contribution in [0.3, 0.4) is 0 Å². The lowest BCUT2D eigenvalue weighted by molar-refractivity contribution is 0.0981. The molecule has 1 aliphatic heterocycles. The highest BCUT2D eigenvalue weighted by Crippen LogP contribution is 2.39. The van der Waals surface area contributed by atoms with E-state index in [9.17, 15) is 13.2 Å². The number of carbonyl (C=O) groups excluding carboxylic acids is 1.